The highest BCUT2D eigenvalue weighted by molar-refractivity contribution is 9.10. The van der Waals surface area contributed by atoms with Gasteiger partial charge >= 0.3 is 0 Å². The molecule has 0 bridgehead atoms. The summed E-state index contributed by atoms with van der Waals surface area (Å²) in [5, 5.41) is 59.9. The topological polar surface area (TPSA) is 121 Å². The minimum Gasteiger partial charge on any atom is -0.508 e. The van der Waals surface area contributed by atoms with E-state index < -0.39 is 0 Å². The van der Waals surface area contributed by atoms with E-state index in [1.807, 2.05) is 54.6 Å². The highest BCUT2D eigenvalue weighted by Crippen LogP contribution is 2.56. The lowest BCUT2D eigenvalue weighted by Crippen LogP contribution is -2.20. The van der Waals surface area contributed by atoms with Crippen molar-refractivity contribution in [3.63, 3.8) is 0 Å². The Balaban J connectivity index is 0.000000134. The second-order valence-electron chi connectivity index (χ2n) is 26.8. The van der Waals surface area contributed by atoms with Crippen LogP contribution in [-0.2, 0) is 31.1 Å². The Labute approximate surface area is 517 Å². The molecule has 0 saturated heterocycles. The number of phenolic OH excluding ortho intramolecular Hbond substituents is 6. The summed E-state index contributed by atoms with van der Waals surface area (Å²) < 4.78 is 0.770. The van der Waals surface area contributed by atoms with Gasteiger partial charge in [-0.1, -0.05) is 194 Å². The van der Waals surface area contributed by atoms with Crippen molar-refractivity contribution in [2.24, 2.45) is 29.1 Å². The third-order valence-electron chi connectivity index (χ3n) is 20.7. The number of halogens is 1. The first-order chi connectivity index (χ1) is 40.3. The van der Waals surface area contributed by atoms with Gasteiger partial charge in [0.1, 0.15) is 34.5 Å². The fourth-order valence-corrected chi connectivity index (χ4v) is 13.9. The lowest BCUT2D eigenvalue weighted by Gasteiger charge is -2.32. The SMILES string of the molecule is CC1CCc2cc(O)ccc2C1C.CC1Cc2c(O)cccc2C1C.CC1Cc2ccc(O)cc2CC1C.CC1c2cccc3c(O)ccc(c23)C1C.CCC(C)(C)C1c2ccccc2-c2c(O)cccc21.CCC(C)(C)c1ccc(O)c(Br)c1. The second kappa shape index (κ2) is 26.9. The second-order valence-corrected chi connectivity index (χ2v) is 27.7. The highest BCUT2D eigenvalue weighted by Gasteiger charge is 2.39. The van der Waals surface area contributed by atoms with E-state index in [1.54, 1.807) is 30.3 Å². The lowest BCUT2D eigenvalue weighted by molar-refractivity contribution is 0.309. The molecule has 8 aromatic carbocycles. The van der Waals surface area contributed by atoms with Crippen LogP contribution in [0.5, 0.6) is 34.5 Å². The number of rotatable bonds is 4. The molecule has 6 nitrogen and oxygen atoms in total. The van der Waals surface area contributed by atoms with Crippen LogP contribution in [0.4, 0.5) is 0 Å². The van der Waals surface area contributed by atoms with Crippen LogP contribution >= 0.6 is 15.9 Å². The van der Waals surface area contributed by atoms with E-state index in [0.717, 1.165) is 77.3 Å². The quantitative estimate of drug-likeness (QED) is 0.104. The number of benzene rings is 8. The number of aromatic hydroxyl groups is 6. The molecule has 0 spiro atoms. The van der Waals surface area contributed by atoms with Crippen LogP contribution in [0.25, 0.3) is 21.9 Å². The molecular formula is C78H95BrO6. The molecule has 0 aliphatic heterocycles. The van der Waals surface area contributed by atoms with E-state index in [1.165, 1.54) is 73.0 Å². The molecule has 9 atom stereocenters. The minimum atomic E-state index is 0.177. The first-order valence-corrected chi connectivity index (χ1v) is 32.1. The lowest BCUT2D eigenvalue weighted by atomic mass is 9.72. The van der Waals surface area contributed by atoms with Crippen LogP contribution in [-0.4, -0.2) is 30.6 Å². The molecule has 5 aliphatic rings. The number of hydrogen-bond acceptors (Lipinski definition) is 6. The highest BCUT2D eigenvalue weighted by atomic mass is 79.9. The molecule has 0 heterocycles. The Morgan fingerprint density at radius 2 is 0.988 bits per heavy atom. The standard InChI is InChI=1S/C18H20O.C14H14O.2C12H16O.C11H15BrO.C11H14O/c1-4-18(2,3)17-13-9-6-5-8-12(13)16-14(17)10-7-11-15(16)19;1-8-9(2)11-6-7-13(15)12-5-3-4-10(8)14(11)12;1-8-5-10-3-4-12(13)7-11(10)6-9(8)2;1-8-3-4-10-7-11(13)5-6-12(10)9(8)2;1-4-11(2,3)8-5-6-10(13)9(12)7-8;1-7-6-10-9(8(7)2)4-3-5-11(10)12/h5-11,17,19H,4H2,1-3H3;3-9,15H,1-2H3;3-4,7-9,13H,5-6H2,1-2H3;5-9,13H,3-4H2,1-2H3;5-7,13H,4H2,1-3H3;3-5,7-8,12H,6H2,1-2H3. The van der Waals surface area contributed by atoms with Gasteiger partial charge in [0.25, 0.3) is 0 Å². The Kier molecular flexibility index (Phi) is 20.4. The number of aryl methyl sites for hydroxylation is 1. The van der Waals surface area contributed by atoms with E-state index in [4.69, 9.17) is 0 Å². The monoisotopic (exact) mass is 1210 g/mol. The van der Waals surface area contributed by atoms with Crippen LogP contribution in [0.2, 0.25) is 0 Å². The average molecular weight is 1210 g/mol. The Bertz CT molecular complexity index is 3600. The maximum absolute atomic E-state index is 10.2. The smallest absolute Gasteiger partial charge is 0.129 e. The zero-order valence-corrected chi connectivity index (χ0v) is 54.6. The fraction of sp³-hybridized carbons (Fsp3) is 0.410. The molecule has 9 unspecified atom stereocenters. The molecule has 450 valence electrons. The van der Waals surface area contributed by atoms with Gasteiger partial charge in [-0.2, -0.15) is 0 Å². The summed E-state index contributed by atoms with van der Waals surface area (Å²) in [5.74, 6) is 8.09. The molecule has 0 radical (unpaired) electrons. The van der Waals surface area contributed by atoms with Crippen molar-refractivity contribution < 1.29 is 30.6 Å². The van der Waals surface area contributed by atoms with Crippen molar-refractivity contribution in [2.75, 3.05) is 0 Å². The van der Waals surface area contributed by atoms with Gasteiger partial charge in [0.05, 0.1) is 4.47 Å². The molecule has 0 fully saturated rings. The number of fused-ring (bicyclic) bond motifs is 6. The molecule has 13 rings (SSSR count). The largest absolute Gasteiger partial charge is 0.508 e. The van der Waals surface area contributed by atoms with Gasteiger partial charge in [-0.15, -0.1) is 0 Å². The molecule has 0 aromatic heterocycles. The first kappa shape index (κ1) is 64.3. The first-order valence-electron chi connectivity index (χ1n) is 31.4. The molecule has 6 N–H and O–H groups in total. The Morgan fingerprint density at radius 1 is 0.435 bits per heavy atom. The van der Waals surface area contributed by atoms with E-state index in [0.29, 0.717) is 70.0 Å². The minimum absolute atomic E-state index is 0.177. The third-order valence-corrected chi connectivity index (χ3v) is 21.3. The zero-order valence-electron chi connectivity index (χ0n) is 53.1. The molecular weight excluding hydrogens is 1110 g/mol. The maximum atomic E-state index is 10.2. The normalized spacial score (nSPS) is 21.8. The Morgan fingerprint density at radius 3 is 1.65 bits per heavy atom. The summed E-state index contributed by atoms with van der Waals surface area (Å²) in [7, 11) is 0. The third kappa shape index (κ3) is 13.9. The molecule has 0 saturated carbocycles. The zero-order chi connectivity index (χ0) is 61.8. The van der Waals surface area contributed by atoms with E-state index >= 15 is 0 Å². The van der Waals surface area contributed by atoms with Gasteiger partial charge in [-0.3, -0.25) is 0 Å². The summed E-state index contributed by atoms with van der Waals surface area (Å²) in [5.41, 5.74) is 17.3. The molecule has 0 amide bonds. The summed E-state index contributed by atoms with van der Waals surface area (Å²) in [6.45, 7) is 31.6. The molecule has 8 aromatic rings. The van der Waals surface area contributed by atoms with Crippen molar-refractivity contribution >= 4 is 26.7 Å². The van der Waals surface area contributed by atoms with Crippen molar-refractivity contribution in [3.8, 4) is 45.6 Å². The van der Waals surface area contributed by atoms with Crippen LogP contribution in [0.1, 0.15) is 207 Å². The number of hydrogen-bond donors (Lipinski definition) is 6. The maximum Gasteiger partial charge on any atom is 0.129 e. The van der Waals surface area contributed by atoms with Crippen LogP contribution in [0.15, 0.2) is 150 Å². The van der Waals surface area contributed by atoms with Gasteiger partial charge < -0.3 is 30.6 Å². The summed E-state index contributed by atoms with van der Waals surface area (Å²) in [6, 6.07) is 47.6. The van der Waals surface area contributed by atoms with Gasteiger partial charge in [-0.05, 0) is 239 Å². The average Bonchev–Trinajstić information content (AvgIpc) is 1.98. The predicted molar refractivity (Wildman–Crippen MR) is 358 cm³/mol. The van der Waals surface area contributed by atoms with Crippen molar-refractivity contribution in [1.82, 2.24) is 0 Å². The summed E-state index contributed by atoms with van der Waals surface area (Å²) in [4.78, 5) is 0. The van der Waals surface area contributed by atoms with Gasteiger partial charge in [0, 0.05) is 16.9 Å². The number of phenols is 6. The molecule has 7 heteroatoms. The van der Waals surface area contributed by atoms with Gasteiger partial charge in [-0.25, -0.2) is 0 Å². The van der Waals surface area contributed by atoms with Gasteiger partial charge in [0.2, 0.25) is 0 Å². The van der Waals surface area contributed by atoms with Gasteiger partial charge in [0.15, 0.2) is 0 Å². The van der Waals surface area contributed by atoms with Crippen LogP contribution in [0.3, 0.4) is 0 Å². The van der Waals surface area contributed by atoms with Crippen LogP contribution in [0, 0.1) is 29.1 Å². The van der Waals surface area contributed by atoms with E-state index in [-0.39, 0.29) is 10.8 Å². The van der Waals surface area contributed by atoms with Crippen LogP contribution < -0.4 is 0 Å². The van der Waals surface area contributed by atoms with E-state index in [9.17, 15) is 30.6 Å². The van der Waals surface area contributed by atoms with Crippen molar-refractivity contribution in [3.05, 3.63) is 211 Å². The summed E-state index contributed by atoms with van der Waals surface area (Å²) >= 11 is 3.32. The summed E-state index contributed by atoms with van der Waals surface area (Å²) in [6.07, 6.45) is 7.88. The van der Waals surface area contributed by atoms with Crippen molar-refractivity contribution in [2.45, 2.75) is 177 Å². The van der Waals surface area contributed by atoms with Crippen molar-refractivity contribution in [1.29, 1.82) is 0 Å². The molecule has 85 heavy (non-hydrogen) atoms. The van der Waals surface area contributed by atoms with E-state index in [2.05, 4.69) is 174 Å². The predicted octanol–water partition coefficient (Wildman–Crippen LogP) is 21.1. The molecule has 5 aliphatic carbocycles. The Hall–Kier alpha value is -6.70. The fourth-order valence-electron chi connectivity index (χ4n) is 13.5.